The molecule has 0 saturated carbocycles. The number of halogens is 2. The van der Waals surface area contributed by atoms with Gasteiger partial charge in [-0.15, -0.1) is 11.3 Å². The number of hydrogen-bond donors (Lipinski definition) is 1. The number of nitrogens with zero attached hydrogens (tertiary/aromatic N) is 2. The molecule has 5 nitrogen and oxygen atoms in total. The van der Waals surface area contributed by atoms with Crippen LogP contribution in [-0.2, 0) is 11.3 Å². The fourth-order valence-corrected chi connectivity index (χ4v) is 4.48. The van der Waals surface area contributed by atoms with Crippen LogP contribution in [0, 0.1) is 12.7 Å². The van der Waals surface area contributed by atoms with Gasteiger partial charge in [0.15, 0.2) is 0 Å². The quantitative estimate of drug-likeness (QED) is 0.654. The third-order valence-electron chi connectivity index (χ3n) is 4.98. The molecule has 0 radical (unpaired) electrons. The van der Waals surface area contributed by atoms with E-state index in [4.69, 9.17) is 27.1 Å². The summed E-state index contributed by atoms with van der Waals surface area (Å²) >= 11 is 7.33. The van der Waals surface area contributed by atoms with E-state index in [0.717, 1.165) is 47.1 Å². The van der Waals surface area contributed by atoms with Gasteiger partial charge in [0.05, 0.1) is 28.1 Å². The molecule has 1 fully saturated rings. The zero-order chi connectivity index (χ0) is 19.8. The predicted molar refractivity (Wildman–Crippen MR) is 108 cm³/mol. The van der Waals surface area contributed by atoms with Crippen molar-refractivity contribution in [1.82, 2.24) is 9.55 Å². The zero-order valence-electron chi connectivity index (χ0n) is 15.2. The number of hydrogen-bond acceptors (Lipinski definition) is 4. The second-order valence-electron chi connectivity index (χ2n) is 6.81. The van der Waals surface area contributed by atoms with E-state index >= 15 is 0 Å². The second kappa shape index (κ2) is 7.66. The monoisotopic (exact) mass is 419 g/mol. The number of rotatable bonds is 5. The topological polar surface area (TPSA) is 70.1 Å². The average molecular weight is 420 g/mol. The molecule has 1 aromatic carbocycles. The van der Waals surface area contributed by atoms with E-state index in [1.54, 1.807) is 18.2 Å². The summed E-state index contributed by atoms with van der Waals surface area (Å²) in [5.41, 5.74) is 9.13. The van der Waals surface area contributed by atoms with Gasteiger partial charge < -0.3 is 15.0 Å². The van der Waals surface area contributed by atoms with Crippen LogP contribution in [0.4, 0.5) is 4.39 Å². The molecule has 28 heavy (non-hydrogen) atoms. The molecule has 0 aliphatic carbocycles. The summed E-state index contributed by atoms with van der Waals surface area (Å²) in [5, 5.41) is 2.70. The normalized spacial score (nSPS) is 16.6. The van der Waals surface area contributed by atoms with Crippen molar-refractivity contribution in [3.05, 3.63) is 51.7 Å². The Kier molecular flexibility index (Phi) is 5.23. The van der Waals surface area contributed by atoms with Crippen molar-refractivity contribution in [2.75, 3.05) is 6.61 Å². The molecule has 1 saturated heterocycles. The first-order valence-electron chi connectivity index (χ1n) is 8.97. The van der Waals surface area contributed by atoms with Gasteiger partial charge in [-0.2, -0.15) is 0 Å². The van der Waals surface area contributed by atoms with Crippen molar-refractivity contribution in [2.24, 2.45) is 5.73 Å². The number of aromatic nitrogens is 2. The summed E-state index contributed by atoms with van der Waals surface area (Å²) in [7, 11) is 0. The molecule has 8 heteroatoms. The number of ether oxygens (including phenoxy) is 1. The highest BCUT2D eigenvalue weighted by atomic mass is 35.5. The Morgan fingerprint density at radius 2 is 2.29 bits per heavy atom. The molecule has 1 aliphatic rings. The smallest absolute Gasteiger partial charge is 0.250 e. The molecule has 146 valence electrons. The minimum absolute atomic E-state index is 0.0582. The van der Waals surface area contributed by atoms with E-state index < -0.39 is 11.7 Å². The maximum Gasteiger partial charge on any atom is 0.250 e. The van der Waals surface area contributed by atoms with Crippen LogP contribution in [0.1, 0.15) is 28.9 Å². The number of primary amides is 1. The lowest BCUT2D eigenvalue weighted by atomic mass is 10.2. The highest BCUT2D eigenvalue weighted by Crippen LogP contribution is 2.33. The molecule has 2 aromatic heterocycles. The predicted octanol–water partition coefficient (Wildman–Crippen LogP) is 4.66. The fraction of sp³-hybridized carbons (Fsp3) is 0.300. The van der Waals surface area contributed by atoms with E-state index in [2.05, 4.69) is 0 Å². The Morgan fingerprint density at radius 3 is 2.96 bits per heavy atom. The molecule has 2 N–H and O–H groups in total. The summed E-state index contributed by atoms with van der Waals surface area (Å²) in [4.78, 5) is 16.6. The summed E-state index contributed by atoms with van der Waals surface area (Å²) < 4.78 is 21.3. The molecule has 3 aromatic rings. The molecule has 1 unspecified atom stereocenters. The number of nitrogens with two attached hydrogens (primary N) is 1. The molecular weight excluding hydrogens is 401 g/mol. The largest absolute Gasteiger partial charge is 0.376 e. The Hall–Kier alpha value is -2.22. The van der Waals surface area contributed by atoms with Gasteiger partial charge in [0.25, 0.3) is 5.91 Å². The maximum atomic E-state index is 13.4. The fourth-order valence-electron chi connectivity index (χ4n) is 3.49. The molecule has 0 bridgehead atoms. The summed E-state index contributed by atoms with van der Waals surface area (Å²) in [6, 6.07) is 6.32. The van der Waals surface area contributed by atoms with Crippen molar-refractivity contribution >= 4 is 28.8 Å². The lowest BCUT2D eigenvalue weighted by Crippen LogP contribution is -2.18. The third kappa shape index (κ3) is 3.57. The summed E-state index contributed by atoms with van der Waals surface area (Å²) in [6.07, 6.45) is 2.13. The number of thiazole rings is 1. The molecule has 3 heterocycles. The van der Waals surface area contributed by atoms with Gasteiger partial charge in [-0.3, -0.25) is 4.79 Å². The van der Waals surface area contributed by atoms with E-state index in [1.807, 2.05) is 16.9 Å². The van der Waals surface area contributed by atoms with Crippen molar-refractivity contribution in [3.63, 3.8) is 0 Å². The SMILES string of the molecule is Cc1c(C(N)=O)cc(-c2csc(-c3ccc(F)c(Cl)c3)n2)n1CC1CCCO1. The van der Waals surface area contributed by atoms with Crippen molar-refractivity contribution < 1.29 is 13.9 Å². The van der Waals surface area contributed by atoms with Crippen LogP contribution < -0.4 is 5.73 Å². The molecule has 1 atom stereocenters. The van der Waals surface area contributed by atoms with Gasteiger partial charge in [0.2, 0.25) is 0 Å². The van der Waals surface area contributed by atoms with E-state index in [9.17, 15) is 9.18 Å². The van der Waals surface area contributed by atoms with E-state index in [1.165, 1.54) is 17.4 Å². The standard InChI is InChI=1S/C20H19ClFN3O2S/c1-11-14(19(23)26)8-18(25(11)9-13-3-2-6-27-13)17-10-28-20(24-17)12-4-5-16(22)15(21)7-12/h4-5,7-8,10,13H,2-3,6,9H2,1H3,(H2,23,26). The molecule has 1 amide bonds. The lowest BCUT2D eigenvalue weighted by molar-refractivity contribution is 0.0961. The van der Waals surface area contributed by atoms with Crippen molar-refractivity contribution in [3.8, 4) is 22.0 Å². The van der Waals surface area contributed by atoms with Gasteiger partial charge in [0.1, 0.15) is 10.8 Å². The Bertz CT molecular complexity index is 1040. The Labute approximate surface area is 170 Å². The maximum absolute atomic E-state index is 13.4. The van der Waals surface area contributed by atoms with Crippen molar-refractivity contribution in [1.29, 1.82) is 0 Å². The number of amides is 1. The van der Waals surface area contributed by atoms with Crippen LogP contribution in [0.5, 0.6) is 0 Å². The van der Waals surface area contributed by atoms with Gasteiger partial charge >= 0.3 is 0 Å². The van der Waals surface area contributed by atoms with E-state index in [0.29, 0.717) is 12.1 Å². The van der Waals surface area contributed by atoms with Crippen LogP contribution >= 0.6 is 22.9 Å². The first-order chi connectivity index (χ1) is 13.4. The number of carbonyl (C=O) groups excluding carboxylic acids is 1. The molecule has 0 spiro atoms. The first-order valence-corrected chi connectivity index (χ1v) is 10.2. The van der Waals surface area contributed by atoms with Crippen LogP contribution in [0.2, 0.25) is 5.02 Å². The highest BCUT2D eigenvalue weighted by molar-refractivity contribution is 7.13. The summed E-state index contributed by atoms with van der Waals surface area (Å²) in [5.74, 6) is -0.931. The van der Waals surface area contributed by atoms with Gasteiger partial charge in [-0.05, 0) is 44.0 Å². The van der Waals surface area contributed by atoms with Gasteiger partial charge in [0, 0.05) is 29.8 Å². The van der Waals surface area contributed by atoms with Crippen LogP contribution in [0.15, 0.2) is 29.6 Å². The minimum atomic E-state index is -0.467. The Morgan fingerprint density at radius 1 is 1.46 bits per heavy atom. The second-order valence-corrected chi connectivity index (χ2v) is 8.07. The highest BCUT2D eigenvalue weighted by Gasteiger charge is 2.23. The molecule has 4 rings (SSSR count). The first kappa shape index (κ1) is 19.1. The molecular formula is C20H19ClFN3O2S. The lowest BCUT2D eigenvalue weighted by Gasteiger charge is -2.15. The van der Waals surface area contributed by atoms with Gasteiger partial charge in [-0.25, -0.2) is 9.37 Å². The van der Waals surface area contributed by atoms with Crippen LogP contribution in [-0.4, -0.2) is 28.2 Å². The minimum Gasteiger partial charge on any atom is -0.376 e. The third-order valence-corrected chi connectivity index (χ3v) is 6.16. The van der Waals surface area contributed by atoms with E-state index in [-0.39, 0.29) is 11.1 Å². The van der Waals surface area contributed by atoms with Crippen molar-refractivity contribution in [2.45, 2.75) is 32.4 Å². The summed E-state index contributed by atoms with van der Waals surface area (Å²) in [6.45, 7) is 3.28. The molecule has 1 aliphatic heterocycles. The Balaban J connectivity index is 1.73. The average Bonchev–Trinajstić information content (AvgIpc) is 3.39. The number of benzene rings is 1. The zero-order valence-corrected chi connectivity index (χ0v) is 16.8. The van der Waals surface area contributed by atoms with Crippen LogP contribution in [0.25, 0.3) is 22.0 Å². The van der Waals surface area contributed by atoms with Gasteiger partial charge in [-0.1, -0.05) is 11.6 Å². The number of carbonyl (C=O) groups is 1. The van der Waals surface area contributed by atoms with Crippen LogP contribution in [0.3, 0.4) is 0 Å².